The average Bonchev–Trinajstić information content (AvgIpc) is 3.17. The average molecular weight is 460 g/mol. The van der Waals surface area contributed by atoms with Gasteiger partial charge in [0.15, 0.2) is 5.76 Å². The minimum Gasteiger partial charge on any atom is -0.497 e. The van der Waals surface area contributed by atoms with Crippen LogP contribution in [0.25, 0.3) is 6.08 Å². The molecule has 0 fully saturated rings. The molecule has 0 aliphatic carbocycles. The number of hydrogen-bond acceptors (Lipinski definition) is 7. The molecule has 4 rings (SSSR count). The van der Waals surface area contributed by atoms with Crippen LogP contribution in [0.4, 0.5) is 0 Å². The van der Waals surface area contributed by atoms with E-state index in [1.807, 2.05) is 18.2 Å². The van der Waals surface area contributed by atoms with Gasteiger partial charge in [-0.25, -0.2) is 4.79 Å². The number of fused-ring (bicyclic) bond motifs is 1. The largest absolute Gasteiger partial charge is 0.497 e. The number of allylic oxidation sites excluding steroid dienone is 1. The predicted molar refractivity (Wildman–Crippen MR) is 125 cm³/mol. The molecule has 1 heterocycles. The van der Waals surface area contributed by atoms with Gasteiger partial charge >= 0.3 is 5.97 Å². The lowest BCUT2D eigenvalue weighted by Crippen LogP contribution is -2.21. The molecule has 1 unspecified atom stereocenters. The van der Waals surface area contributed by atoms with Gasteiger partial charge in [0, 0.05) is 17.2 Å². The maximum atomic E-state index is 12.9. The van der Waals surface area contributed by atoms with E-state index in [-0.39, 0.29) is 18.1 Å². The third-order valence-electron chi connectivity index (χ3n) is 5.22. The second kappa shape index (κ2) is 10.1. The van der Waals surface area contributed by atoms with Crippen LogP contribution in [0.15, 0.2) is 72.5 Å². The Bertz CT molecular complexity index is 1230. The molecule has 0 spiro atoms. The molecule has 3 aromatic carbocycles. The number of ether oxygens (including phenoxy) is 5. The summed E-state index contributed by atoms with van der Waals surface area (Å²) in [5.41, 5.74) is 1.69. The van der Waals surface area contributed by atoms with Crippen LogP contribution in [0, 0.1) is 0 Å². The first-order valence-corrected chi connectivity index (χ1v) is 10.7. The number of methoxy groups -OCH3 is 2. The van der Waals surface area contributed by atoms with Gasteiger partial charge in [-0.05, 0) is 43.3 Å². The third kappa shape index (κ3) is 4.73. The zero-order chi connectivity index (χ0) is 24.1. The Morgan fingerprint density at radius 2 is 1.74 bits per heavy atom. The normalized spacial score (nSPS) is 14.2. The standard InChI is InChI=1S/C27H24O7/c1-4-32-27(29)26(17-8-6-5-7-9-17)33-20-10-12-21-23(16-20)34-24(25(21)28)15-18-14-19(30-2)11-13-22(18)31-3/h5-16,26H,4H2,1-3H3/b24-15-. The molecule has 1 atom stereocenters. The number of carbonyl (C=O) groups excluding carboxylic acids is 2. The molecule has 0 N–H and O–H groups in total. The van der Waals surface area contributed by atoms with Gasteiger partial charge in [0.1, 0.15) is 23.0 Å². The van der Waals surface area contributed by atoms with Crippen molar-refractivity contribution in [2.45, 2.75) is 13.0 Å². The summed E-state index contributed by atoms with van der Waals surface area (Å²) in [5, 5.41) is 0. The lowest BCUT2D eigenvalue weighted by molar-refractivity contribution is -0.151. The maximum absolute atomic E-state index is 12.9. The zero-order valence-electron chi connectivity index (χ0n) is 19.1. The zero-order valence-corrected chi connectivity index (χ0v) is 19.1. The van der Waals surface area contributed by atoms with Crippen LogP contribution in [-0.4, -0.2) is 32.6 Å². The van der Waals surface area contributed by atoms with Gasteiger partial charge in [-0.2, -0.15) is 0 Å². The van der Waals surface area contributed by atoms with Gasteiger partial charge in [-0.3, -0.25) is 4.79 Å². The first kappa shape index (κ1) is 22.9. The van der Waals surface area contributed by atoms with Crippen molar-refractivity contribution in [3.05, 3.63) is 89.2 Å². The number of benzene rings is 3. The molecule has 0 radical (unpaired) electrons. The van der Waals surface area contributed by atoms with E-state index < -0.39 is 12.1 Å². The van der Waals surface area contributed by atoms with Crippen LogP contribution in [-0.2, 0) is 9.53 Å². The van der Waals surface area contributed by atoms with E-state index in [9.17, 15) is 9.59 Å². The van der Waals surface area contributed by atoms with Crippen molar-refractivity contribution in [3.63, 3.8) is 0 Å². The van der Waals surface area contributed by atoms with Crippen LogP contribution in [0.3, 0.4) is 0 Å². The van der Waals surface area contributed by atoms with Gasteiger partial charge in [0.2, 0.25) is 11.9 Å². The Morgan fingerprint density at radius 1 is 0.971 bits per heavy atom. The number of rotatable bonds is 8. The molecule has 34 heavy (non-hydrogen) atoms. The lowest BCUT2D eigenvalue weighted by Gasteiger charge is -2.18. The van der Waals surface area contributed by atoms with Crippen molar-refractivity contribution < 1.29 is 33.3 Å². The fourth-order valence-corrected chi connectivity index (χ4v) is 3.57. The van der Waals surface area contributed by atoms with Crippen molar-refractivity contribution >= 4 is 17.8 Å². The number of hydrogen-bond donors (Lipinski definition) is 0. The van der Waals surface area contributed by atoms with Crippen LogP contribution >= 0.6 is 0 Å². The summed E-state index contributed by atoms with van der Waals surface area (Å²) >= 11 is 0. The SMILES string of the molecule is CCOC(=O)C(Oc1ccc2c(c1)O/C(=C\c1cc(OC)ccc1OC)C2=O)c1ccccc1. The fraction of sp³-hybridized carbons (Fsp3) is 0.185. The molecule has 0 bridgehead atoms. The van der Waals surface area contributed by atoms with Crippen LogP contribution in [0.2, 0.25) is 0 Å². The van der Waals surface area contributed by atoms with Gasteiger partial charge in [0.25, 0.3) is 0 Å². The molecular formula is C27H24O7. The molecule has 0 amide bonds. The topological polar surface area (TPSA) is 80.3 Å². The van der Waals surface area contributed by atoms with Crippen LogP contribution < -0.4 is 18.9 Å². The van der Waals surface area contributed by atoms with Crippen LogP contribution in [0.5, 0.6) is 23.0 Å². The summed E-state index contributed by atoms with van der Waals surface area (Å²) in [6, 6.07) is 19.2. The summed E-state index contributed by atoms with van der Waals surface area (Å²) in [6.45, 7) is 1.97. The fourth-order valence-electron chi connectivity index (χ4n) is 3.57. The highest BCUT2D eigenvalue weighted by molar-refractivity contribution is 6.14. The highest BCUT2D eigenvalue weighted by Gasteiger charge is 2.30. The van der Waals surface area contributed by atoms with Crippen molar-refractivity contribution in [1.29, 1.82) is 0 Å². The van der Waals surface area contributed by atoms with Crippen molar-refractivity contribution in [2.24, 2.45) is 0 Å². The smallest absolute Gasteiger partial charge is 0.352 e. The highest BCUT2D eigenvalue weighted by Crippen LogP contribution is 2.37. The predicted octanol–water partition coefficient (Wildman–Crippen LogP) is 5.00. The van der Waals surface area contributed by atoms with E-state index in [4.69, 9.17) is 23.7 Å². The number of ketones is 1. The van der Waals surface area contributed by atoms with Crippen molar-refractivity contribution in [3.8, 4) is 23.0 Å². The summed E-state index contributed by atoms with van der Waals surface area (Å²) in [4.78, 5) is 25.5. The lowest BCUT2D eigenvalue weighted by atomic mass is 10.1. The molecule has 174 valence electrons. The maximum Gasteiger partial charge on any atom is 0.352 e. The molecule has 7 heteroatoms. The van der Waals surface area contributed by atoms with Crippen LogP contribution in [0.1, 0.15) is 34.5 Å². The molecule has 0 aromatic heterocycles. The summed E-state index contributed by atoms with van der Waals surface area (Å²) < 4.78 is 27.7. The summed E-state index contributed by atoms with van der Waals surface area (Å²) in [7, 11) is 3.11. The first-order valence-electron chi connectivity index (χ1n) is 10.7. The number of esters is 1. The van der Waals surface area contributed by atoms with E-state index in [0.29, 0.717) is 39.7 Å². The van der Waals surface area contributed by atoms with E-state index >= 15 is 0 Å². The minimum absolute atomic E-state index is 0.142. The molecule has 1 aliphatic rings. The van der Waals surface area contributed by atoms with E-state index in [2.05, 4.69) is 0 Å². The quantitative estimate of drug-likeness (QED) is 0.346. The van der Waals surface area contributed by atoms with E-state index in [1.54, 1.807) is 75.8 Å². The Balaban J connectivity index is 1.61. The molecule has 0 saturated heterocycles. The Hall–Kier alpha value is -4.26. The second-order valence-corrected chi connectivity index (χ2v) is 7.37. The molecule has 7 nitrogen and oxygen atoms in total. The Morgan fingerprint density at radius 3 is 2.44 bits per heavy atom. The van der Waals surface area contributed by atoms with E-state index in [1.165, 1.54) is 0 Å². The van der Waals surface area contributed by atoms with Gasteiger partial charge in [0.05, 0.1) is 26.4 Å². The van der Waals surface area contributed by atoms with Gasteiger partial charge < -0.3 is 23.7 Å². The number of Topliss-reactive ketones (excluding diaryl/α,β-unsaturated/α-hetero) is 1. The van der Waals surface area contributed by atoms with E-state index in [0.717, 1.165) is 0 Å². The van der Waals surface area contributed by atoms with Crippen molar-refractivity contribution in [1.82, 2.24) is 0 Å². The Labute approximate surface area is 197 Å². The van der Waals surface area contributed by atoms with Crippen molar-refractivity contribution in [2.75, 3.05) is 20.8 Å². The van der Waals surface area contributed by atoms with Gasteiger partial charge in [-0.1, -0.05) is 30.3 Å². The Kier molecular flexibility index (Phi) is 6.82. The molecule has 0 saturated carbocycles. The molecule has 1 aliphatic heterocycles. The van der Waals surface area contributed by atoms with Gasteiger partial charge in [-0.15, -0.1) is 0 Å². The third-order valence-corrected chi connectivity index (χ3v) is 5.22. The number of carbonyl (C=O) groups is 2. The monoisotopic (exact) mass is 460 g/mol. The molecular weight excluding hydrogens is 436 g/mol. The summed E-state index contributed by atoms with van der Waals surface area (Å²) in [5.74, 6) is 1.28. The minimum atomic E-state index is -0.952. The molecule has 3 aromatic rings. The summed E-state index contributed by atoms with van der Waals surface area (Å²) in [6.07, 6.45) is 0.655. The highest BCUT2D eigenvalue weighted by atomic mass is 16.6. The second-order valence-electron chi connectivity index (χ2n) is 7.37. The first-order chi connectivity index (χ1) is 16.5.